The van der Waals surface area contributed by atoms with Crippen molar-refractivity contribution in [1.29, 1.82) is 0 Å². The molecule has 0 bridgehead atoms. The summed E-state index contributed by atoms with van der Waals surface area (Å²) in [6.07, 6.45) is 0.833. The van der Waals surface area contributed by atoms with Gasteiger partial charge in [-0.05, 0) is 44.4 Å². The summed E-state index contributed by atoms with van der Waals surface area (Å²) in [5.74, 6) is 1.64. The molecule has 0 aromatic heterocycles. The second kappa shape index (κ2) is 9.40. The van der Waals surface area contributed by atoms with Gasteiger partial charge in [-0.3, -0.25) is 4.90 Å². The van der Waals surface area contributed by atoms with E-state index in [1.807, 2.05) is 19.1 Å². The van der Waals surface area contributed by atoms with Gasteiger partial charge < -0.3 is 14.7 Å². The number of nitrogens with zero attached hydrogens (tertiary/aromatic N) is 2. The van der Waals surface area contributed by atoms with E-state index in [2.05, 4.69) is 36.6 Å². The predicted octanol–water partition coefficient (Wildman–Crippen LogP) is 2.71. The lowest BCUT2D eigenvalue weighted by molar-refractivity contribution is 0.0452. The molecule has 0 spiro atoms. The molecule has 1 aromatic rings. The van der Waals surface area contributed by atoms with Gasteiger partial charge in [-0.2, -0.15) is 0 Å². The van der Waals surface area contributed by atoms with Gasteiger partial charge in [-0.1, -0.05) is 31.5 Å². The van der Waals surface area contributed by atoms with Crippen LogP contribution < -0.4 is 4.74 Å². The molecule has 1 N–H and O–H groups in total. The molecular formula is C20H34N2O2. The van der Waals surface area contributed by atoms with Crippen molar-refractivity contribution < 1.29 is 9.84 Å². The summed E-state index contributed by atoms with van der Waals surface area (Å²) >= 11 is 0. The Morgan fingerprint density at radius 1 is 1.08 bits per heavy atom. The molecule has 1 aliphatic heterocycles. The van der Waals surface area contributed by atoms with E-state index in [1.54, 1.807) is 0 Å². The minimum atomic E-state index is -0.437. The highest BCUT2D eigenvalue weighted by Gasteiger charge is 2.19. The van der Waals surface area contributed by atoms with Crippen LogP contribution in [0, 0.1) is 19.8 Å². The number of rotatable bonds is 8. The van der Waals surface area contributed by atoms with Crippen LogP contribution in [0.1, 0.15) is 31.4 Å². The molecule has 1 atom stereocenters. The zero-order valence-corrected chi connectivity index (χ0v) is 15.8. The third-order valence-electron chi connectivity index (χ3n) is 4.72. The monoisotopic (exact) mass is 334 g/mol. The highest BCUT2D eigenvalue weighted by atomic mass is 16.5. The first-order valence-electron chi connectivity index (χ1n) is 9.27. The molecule has 1 saturated heterocycles. The Kier molecular flexibility index (Phi) is 7.53. The molecule has 1 heterocycles. The van der Waals surface area contributed by atoms with Crippen molar-refractivity contribution in [2.75, 3.05) is 45.9 Å². The molecule has 1 fully saturated rings. The average molecular weight is 335 g/mol. The second-order valence-corrected chi connectivity index (χ2v) is 7.56. The van der Waals surface area contributed by atoms with Gasteiger partial charge in [0.1, 0.15) is 18.5 Å². The Labute approximate surface area is 147 Å². The van der Waals surface area contributed by atoms with Crippen molar-refractivity contribution in [2.24, 2.45) is 5.92 Å². The molecule has 0 radical (unpaired) electrons. The van der Waals surface area contributed by atoms with Gasteiger partial charge in [-0.25, -0.2) is 0 Å². The Morgan fingerprint density at radius 2 is 1.75 bits per heavy atom. The van der Waals surface area contributed by atoms with Gasteiger partial charge in [0.05, 0.1) is 0 Å². The number of ether oxygens (including phenoxy) is 1. The smallest absolute Gasteiger partial charge is 0.122 e. The Morgan fingerprint density at radius 3 is 2.38 bits per heavy atom. The van der Waals surface area contributed by atoms with E-state index in [9.17, 15) is 5.11 Å². The van der Waals surface area contributed by atoms with Gasteiger partial charge in [0.15, 0.2) is 0 Å². The topological polar surface area (TPSA) is 35.9 Å². The normalized spacial score (nSPS) is 18.1. The van der Waals surface area contributed by atoms with Gasteiger partial charge in [0.25, 0.3) is 0 Å². The largest absolute Gasteiger partial charge is 0.491 e. The van der Waals surface area contributed by atoms with E-state index in [1.165, 1.54) is 18.5 Å². The van der Waals surface area contributed by atoms with Crippen molar-refractivity contribution >= 4 is 0 Å². The van der Waals surface area contributed by atoms with Gasteiger partial charge in [-0.15, -0.1) is 0 Å². The van der Waals surface area contributed by atoms with Crippen LogP contribution >= 0.6 is 0 Å². The lowest BCUT2D eigenvalue weighted by Gasteiger charge is -2.35. The molecule has 2 rings (SSSR count). The fourth-order valence-corrected chi connectivity index (χ4v) is 3.13. The Hall–Kier alpha value is -1.10. The maximum Gasteiger partial charge on any atom is 0.122 e. The van der Waals surface area contributed by atoms with Crippen molar-refractivity contribution in [3.05, 3.63) is 29.3 Å². The van der Waals surface area contributed by atoms with E-state index >= 15 is 0 Å². The van der Waals surface area contributed by atoms with E-state index in [0.29, 0.717) is 13.2 Å². The number of piperazine rings is 1. The highest BCUT2D eigenvalue weighted by Crippen LogP contribution is 2.19. The van der Waals surface area contributed by atoms with E-state index in [0.717, 1.165) is 43.4 Å². The molecule has 1 unspecified atom stereocenters. The van der Waals surface area contributed by atoms with Crippen LogP contribution in [-0.4, -0.2) is 66.9 Å². The van der Waals surface area contributed by atoms with Crippen LogP contribution in [0.15, 0.2) is 18.2 Å². The number of hydrogen-bond acceptors (Lipinski definition) is 4. The fraction of sp³-hybridized carbons (Fsp3) is 0.700. The molecule has 0 saturated carbocycles. The van der Waals surface area contributed by atoms with Crippen LogP contribution in [0.3, 0.4) is 0 Å². The molecule has 1 aromatic carbocycles. The van der Waals surface area contributed by atoms with Crippen LogP contribution in [0.2, 0.25) is 0 Å². The van der Waals surface area contributed by atoms with Crippen LogP contribution in [0.4, 0.5) is 0 Å². The van der Waals surface area contributed by atoms with E-state index < -0.39 is 6.10 Å². The molecule has 4 heteroatoms. The maximum atomic E-state index is 10.3. The third-order valence-corrected chi connectivity index (χ3v) is 4.72. The SMILES string of the molecule is Cc1ccc(OCC(O)CN2CCN(CCC(C)C)CC2)c(C)c1. The fourth-order valence-electron chi connectivity index (χ4n) is 3.13. The van der Waals surface area contributed by atoms with Crippen molar-refractivity contribution in [2.45, 2.75) is 40.2 Å². The molecule has 4 nitrogen and oxygen atoms in total. The molecule has 1 aliphatic rings. The molecule has 0 amide bonds. The summed E-state index contributed by atoms with van der Waals surface area (Å²) in [4.78, 5) is 4.89. The standard InChI is InChI=1S/C20H34N2O2/c1-16(2)7-8-21-9-11-22(12-10-21)14-19(23)15-24-20-6-5-17(3)13-18(20)4/h5-6,13,16,19,23H,7-12,14-15H2,1-4H3. The Bertz CT molecular complexity index is 496. The summed E-state index contributed by atoms with van der Waals surface area (Å²) in [7, 11) is 0. The summed E-state index contributed by atoms with van der Waals surface area (Å²) in [6, 6.07) is 6.15. The summed E-state index contributed by atoms with van der Waals surface area (Å²) < 4.78 is 5.79. The highest BCUT2D eigenvalue weighted by molar-refractivity contribution is 5.35. The van der Waals surface area contributed by atoms with Crippen molar-refractivity contribution in [3.8, 4) is 5.75 Å². The Balaban J connectivity index is 1.67. The minimum absolute atomic E-state index is 0.359. The molecule has 136 valence electrons. The number of hydrogen-bond donors (Lipinski definition) is 1. The van der Waals surface area contributed by atoms with Gasteiger partial charge >= 0.3 is 0 Å². The van der Waals surface area contributed by atoms with E-state index in [4.69, 9.17) is 4.74 Å². The predicted molar refractivity (Wildman–Crippen MR) is 99.8 cm³/mol. The number of aryl methyl sites for hydroxylation is 2. The molecule has 0 aliphatic carbocycles. The van der Waals surface area contributed by atoms with Crippen LogP contribution in [0.25, 0.3) is 0 Å². The van der Waals surface area contributed by atoms with Crippen LogP contribution in [-0.2, 0) is 0 Å². The lowest BCUT2D eigenvalue weighted by Crippen LogP contribution is -2.49. The third kappa shape index (κ3) is 6.42. The first-order chi connectivity index (χ1) is 11.4. The summed E-state index contributed by atoms with van der Waals surface area (Å²) in [6.45, 7) is 15.2. The van der Waals surface area contributed by atoms with E-state index in [-0.39, 0.29) is 0 Å². The zero-order chi connectivity index (χ0) is 17.5. The molecular weight excluding hydrogens is 300 g/mol. The first kappa shape index (κ1) is 19.2. The summed E-state index contributed by atoms with van der Waals surface area (Å²) in [5.41, 5.74) is 2.36. The van der Waals surface area contributed by atoms with Crippen molar-refractivity contribution in [3.63, 3.8) is 0 Å². The van der Waals surface area contributed by atoms with Crippen molar-refractivity contribution in [1.82, 2.24) is 9.80 Å². The number of aliphatic hydroxyl groups is 1. The minimum Gasteiger partial charge on any atom is -0.491 e. The first-order valence-corrected chi connectivity index (χ1v) is 9.27. The van der Waals surface area contributed by atoms with Gasteiger partial charge in [0.2, 0.25) is 0 Å². The zero-order valence-electron chi connectivity index (χ0n) is 15.8. The lowest BCUT2D eigenvalue weighted by atomic mass is 10.1. The second-order valence-electron chi connectivity index (χ2n) is 7.56. The average Bonchev–Trinajstić information content (AvgIpc) is 2.53. The number of benzene rings is 1. The quantitative estimate of drug-likeness (QED) is 0.793. The summed E-state index contributed by atoms with van der Waals surface area (Å²) in [5, 5.41) is 10.3. The number of β-amino-alcohol motifs (C(OH)–C–C–N with tert-alkyl or cyclic N) is 1. The number of aliphatic hydroxyl groups excluding tert-OH is 1. The maximum absolute atomic E-state index is 10.3. The molecule has 24 heavy (non-hydrogen) atoms. The van der Waals surface area contributed by atoms with Crippen LogP contribution in [0.5, 0.6) is 5.75 Å². The van der Waals surface area contributed by atoms with Gasteiger partial charge in [0, 0.05) is 32.7 Å².